The molecule has 0 radical (unpaired) electrons. The van der Waals surface area contributed by atoms with E-state index < -0.39 is 16.0 Å². The molecule has 40 heavy (non-hydrogen) atoms. The minimum Gasteiger partial charge on any atom is -0.490 e. The lowest BCUT2D eigenvalue weighted by Gasteiger charge is -2.20. The fourth-order valence-corrected chi connectivity index (χ4v) is 5.48. The van der Waals surface area contributed by atoms with Crippen LogP contribution in [0.1, 0.15) is 18.1 Å². The van der Waals surface area contributed by atoms with E-state index in [9.17, 15) is 13.2 Å². The van der Waals surface area contributed by atoms with Crippen molar-refractivity contribution in [1.82, 2.24) is 5.01 Å². The van der Waals surface area contributed by atoms with Gasteiger partial charge in [0.15, 0.2) is 17.3 Å². The second-order valence-corrected chi connectivity index (χ2v) is 11.2. The van der Waals surface area contributed by atoms with E-state index >= 15 is 0 Å². The van der Waals surface area contributed by atoms with Crippen LogP contribution in [0, 0.1) is 12.3 Å². The van der Waals surface area contributed by atoms with E-state index in [0.717, 1.165) is 17.3 Å². The van der Waals surface area contributed by atoms with Gasteiger partial charge in [0.1, 0.15) is 22.3 Å². The second-order valence-electron chi connectivity index (χ2n) is 8.61. The number of carbonyl (C=O) groups excluding carboxylic acids is 1. The zero-order valence-electron chi connectivity index (χ0n) is 21.5. The van der Waals surface area contributed by atoms with E-state index in [1.165, 1.54) is 35.4 Å². The molecule has 0 aliphatic carbocycles. The summed E-state index contributed by atoms with van der Waals surface area (Å²) in [7, 11) is -4.10. The molecule has 12 heteroatoms. The number of aryl methyl sites for hydroxylation is 1. The molecule has 0 spiro atoms. The zero-order chi connectivity index (χ0) is 28.3. The molecule has 0 atom stereocenters. The molecule has 0 unspecified atom stereocenters. The van der Waals surface area contributed by atoms with E-state index in [2.05, 4.69) is 10.1 Å². The largest absolute Gasteiger partial charge is 0.490 e. The maximum atomic E-state index is 12.8. The van der Waals surface area contributed by atoms with E-state index in [4.69, 9.17) is 19.1 Å². The lowest BCUT2D eigenvalue weighted by atomic mass is 10.1. The molecule has 5 rings (SSSR count). The highest BCUT2D eigenvalue weighted by molar-refractivity contribution is 8.27. The number of hydrazone groups is 1. The number of carbonyl (C=O) groups is 1. The number of hydrogen-bond acceptors (Lipinski definition) is 9. The van der Waals surface area contributed by atoms with Crippen LogP contribution in [0.2, 0.25) is 0 Å². The zero-order valence-corrected chi connectivity index (χ0v) is 23.2. The highest BCUT2D eigenvalue weighted by Gasteiger charge is 2.36. The Bertz CT molecular complexity index is 1670. The molecule has 1 N–H and O–H groups in total. The van der Waals surface area contributed by atoms with Crippen molar-refractivity contribution in [1.29, 1.82) is 5.41 Å². The average Bonchev–Trinajstić information content (AvgIpc) is 3.35. The molecule has 204 valence electrons. The van der Waals surface area contributed by atoms with Crippen LogP contribution >= 0.6 is 11.8 Å². The van der Waals surface area contributed by atoms with Crippen molar-refractivity contribution in [3.63, 3.8) is 0 Å². The summed E-state index contributed by atoms with van der Waals surface area (Å²) in [6.07, 6.45) is 1.48. The molecular formula is C28H24N4O6S2. The number of rotatable bonds is 9. The Kier molecular flexibility index (Phi) is 7.71. The van der Waals surface area contributed by atoms with Crippen LogP contribution in [0.4, 0.5) is 0 Å². The van der Waals surface area contributed by atoms with Crippen molar-refractivity contribution >= 4 is 49.9 Å². The Labute approximate surface area is 235 Å². The van der Waals surface area contributed by atoms with Crippen molar-refractivity contribution in [2.24, 2.45) is 10.1 Å². The topological polar surface area (TPSA) is 131 Å². The molecule has 0 saturated heterocycles. The Balaban J connectivity index is 1.36. The van der Waals surface area contributed by atoms with Crippen LogP contribution in [0.5, 0.6) is 17.2 Å². The first-order valence-electron chi connectivity index (χ1n) is 12.2. The van der Waals surface area contributed by atoms with Crippen molar-refractivity contribution in [2.75, 3.05) is 13.2 Å². The summed E-state index contributed by atoms with van der Waals surface area (Å²) in [4.78, 5) is 16.9. The van der Waals surface area contributed by atoms with Gasteiger partial charge in [0.2, 0.25) is 5.17 Å². The maximum Gasteiger partial charge on any atom is 0.339 e. The lowest BCUT2D eigenvalue weighted by molar-refractivity contribution is -0.114. The number of thioether (sulfide) groups is 1. The summed E-state index contributed by atoms with van der Waals surface area (Å²) in [6.45, 7) is 4.02. The third kappa shape index (κ3) is 5.92. The first kappa shape index (κ1) is 27.2. The molecule has 2 aliphatic rings. The van der Waals surface area contributed by atoms with Gasteiger partial charge in [-0.2, -0.15) is 23.5 Å². The van der Waals surface area contributed by atoms with E-state index in [0.29, 0.717) is 16.4 Å². The van der Waals surface area contributed by atoms with Crippen LogP contribution in [0.25, 0.3) is 6.08 Å². The van der Waals surface area contributed by atoms with Gasteiger partial charge in [-0.15, -0.1) is 0 Å². The van der Waals surface area contributed by atoms with Gasteiger partial charge in [0.25, 0.3) is 5.91 Å². The van der Waals surface area contributed by atoms with Crippen LogP contribution in [-0.2, 0) is 14.9 Å². The Hall–Kier alpha value is -4.42. The van der Waals surface area contributed by atoms with Gasteiger partial charge in [0.05, 0.1) is 12.2 Å². The van der Waals surface area contributed by atoms with Gasteiger partial charge in [-0.25, -0.2) is 0 Å². The van der Waals surface area contributed by atoms with Gasteiger partial charge in [0, 0.05) is 0 Å². The number of nitrogens with zero attached hydrogens (tertiary/aromatic N) is 3. The SMILES string of the molecule is CCOc1cc(/C=C2\C(=N)N3N=C(COc4ccccc4)SC3=NC2=O)ccc1OS(=O)(=O)c1ccc(C)cc1. The van der Waals surface area contributed by atoms with Crippen molar-refractivity contribution in [3.8, 4) is 17.2 Å². The van der Waals surface area contributed by atoms with Gasteiger partial charge in [-0.05, 0) is 73.6 Å². The van der Waals surface area contributed by atoms with Crippen molar-refractivity contribution in [3.05, 3.63) is 89.5 Å². The van der Waals surface area contributed by atoms with Crippen LogP contribution in [-0.4, -0.2) is 48.6 Å². The molecule has 3 aromatic rings. The van der Waals surface area contributed by atoms with E-state index in [1.54, 1.807) is 25.1 Å². The predicted octanol–water partition coefficient (Wildman–Crippen LogP) is 4.86. The minimum absolute atomic E-state index is 0.00136. The summed E-state index contributed by atoms with van der Waals surface area (Å²) >= 11 is 1.16. The molecule has 0 aromatic heterocycles. The predicted molar refractivity (Wildman–Crippen MR) is 154 cm³/mol. The van der Waals surface area contributed by atoms with Gasteiger partial charge in [-0.3, -0.25) is 10.2 Å². The third-order valence-corrected chi connectivity index (χ3v) is 7.82. The maximum absolute atomic E-state index is 12.8. The van der Waals surface area contributed by atoms with E-state index in [1.807, 2.05) is 37.3 Å². The number of amidine groups is 2. The fraction of sp³-hybridized carbons (Fsp3) is 0.143. The summed E-state index contributed by atoms with van der Waals surface area (Å²) in [5.41, 5.74) is 1.42. The lowest BCUT2D eigenvalue weighted by Crippen LogP contribution is -2.35. The quantitative estimate of drug-likeness (QED) is 0.282. The second kappa shape index (κ2) is 11.4. The molecule has 1 amide bonds. The standard InChI is InChI=1S/C28H24N4O6S2/c1-3-36-24-16-19(11-14-23(24)38-40(34,35)21-12-9-18(2)10-13-21)15-22-26(29)32-28(30-27(22)33)39-25(31-32)17-37-20-7-5-4-6-8-20/h4-16,29H,3,17H2,1-2H3/b22-15+,29-26?. The molecule has 3 aromatic carbocycles. The number of amides is 1. The summed E-state index contributed by atoms with van der Waals surface area (Å²) in [5, 5.41) is 15.1. The number of ether oxygens (including phenoxy) is 2. The number of fused-ring (bicyclic) bond motifs is 1. The monoisotopic (exact) mass is 576 g/mol. The highest BCUT2D eigenvalue weighted by atomic mass is 32.2. The number of aliphatic imine (C=N–C) groups is 1. The van der Waals surface area contributed by atoms with Crippen LogP contribution in [0.15, 0.2) is 93.4 Å². The fourth-order valence-electron chi connectivity index (χ4n) is 3.74. The smallest absolute Gasteiger partial charge is 0.339 e. The summed E-state index contributed by atoms with van der Waals surface area (Å²) in [5.74, 6) is 0.107. The van der Waals surface area contributed by atoms with Gasteiger partial charge >= 0.3 is 10.1 Å². The van der Waals surface area contributed by atoms with Crippen molar-refractivity contribution in [2.45, 2.75) is 18.7 Å². The number of para-hydroxylation sites is 1. The summed E-state index contributed by atoms with van der Waals surface area (Å²) < 4.78 is 42.4. The molecule has 2 heterocycles. The molecular weight excluding hydrogens is 552 g/mol. The first-order chi connectivity index (χ1) is 19.2. The van der Waals surface area contributed by atoms with Crippen LogP contribution in [0.3, 0.4) is 0 Å². The van der Waals surface area contributed by atoms with E-state index in [-0.39, 0.29) is 46.2 Å². The highest BCUT2D eigenvalue weighted by Crippen LogP contribution is 2.33. The van der Waals surface area contributed by atoms with Gasteiger partial charge < -0.3 is 13.7 Å². The van der Waals surface area contributed by atoms with Crippen molar-refractivity contribution < 1.29 is 26.9 Å². The Morgan fingerprint density at radius 1 is 1.00 bits per heavy atom. The van der Waals surface area contributed by atoms with Crippen LogP contribution < -0.4 is 13.7 Å². The number of hydrogen-bond donors (Lipinski definition) is 1. The Morgan fingerprint density at radius 2 is 1.75 bits per heavy atom. The molecule has 0 fully saturated rings. The number of nitrogens with one attached hydrogen (secondary N) is 1. The molecule has 2 aliphatic heterocycles. The Morgan fingerprint density at radius 3 is 2.48 bits per heavy atom. The molecule has 0 bridgehead atoms. The normalized spacial score (nSPS) is 15.9. The average molecular weight is 577 g/mol. The molecule has 0 saturated carbocycles. The summed E-state index contributed by atoms with van der Waals surface area (Å²) in [6, 6.07) is 20.1. The first-order valence-corrected chi connectivity index (χ1v) is 14.4. The number of benzene rings is 3. The third-order valence-electron chi connectivity index (χ3n) is 5.69. The van der Waals surface area contributed by atoms with Gasteiger partial charge in [-0.1, -0.05) is 42.0 Å². The minimum atomic E-state index is -4.10. The molecule has 10 nitrogen and oxygen atoms in total.